The zero-order valence-electron chi connectivity index (χ0n) is 7.56. The Morgan fingerprint density at radius 3 is 2.67 bits per heavy atom. The van der Waals surface area contributed by atoms with Gasteiger partial charge in [-0.2, -0.15) is 0 Å². The average molecular weight is 170 g/mol. The second-order valence-corrected chi connectivity index (χ2v) is 2.74. The standard InChI is InChI=1S/C9H17NO2/c1-3-6-10-7-4-5-8(2)9(11)12/h10H,2-7H2,1H3,(H,11,12)/p-1. The van der Waals surface area contributed by atoms with Gasteiger partial charge >= 0.3 is 0 Å². The Morgan fingerprint density at radius 1 is 1.50 bits per heavy atom. The van der Waals surface area contributed by atoms with E-state index in [9.17, 15) is 9.90 Å². The van der Waals surface area contributed by atoms with Gasteiger partial charge in [-0.25, -0.2) is 0 Å². The van der Waals surface area contributed by atoms with Crippen LogP contribution in [0.4, 0.5) is 0 Å². The topological polar surface area (TPSA) is 52.2 Å². The first-order chi connectivity index (χ1) is 5.68. The second-order valence-electron chi connectivity index (χ2n) is 2.74. The first kappa shape index (κ1) is 11.2. The molecule has 0 aliphatic heterocycles. The maximum absolute atomic E-state index is 10.2. The molecular weight excluding hydrogens is 154 g/mol. The molecule has 0 aliphatic rings. The van der Waals surface area contributed by atoms with E-state index in [1.54, 1.807) is 0 Å². The Bertz CT molecular complexity index is 155. The molecule has 12 heavy (non-hydrogen) atoms. The molecule has 0 aromatic heterocycles. The normalized spacial score (nSPS) is 9.75. The Hall–Kier alpha value is -0.830. The van der Waals surface area contributed by atoms with Crippen molar-refractivity contribution < 1.29 is 9.90 Å². The zero-order chi connectivity index (χ0) is 9.40. The fourth-order valence-corrected chi connectivity index (χ4v) is 0.831. The third-order valence-corrected chi connectivity index (χ3v) is 1.55. The lowest BCUT2D eigenvalue weighted by Crippen LogP contribution is -2.24. The average Bonchev–Trinajstić information content (AvgIpc) is 2.03. The number of carboxylic acids is 1. The Labute approximate surface area is 73.5 Å². The molecule has 0 radical (unpaired) electrons. The molecule has 0 fully saturated rings. The second kappa shape index (κ2) is 6.85. The molecule has 0 atom stereocenters. The molecule has 3 nitrogen and oxygen atoms in total. The van der Waals surface area contributed by atoms with Crippen LogP contribution in [0.2, 0.25) is 0 Å². The summed E-state index contributed by atoms with van der Waals surface area (Å²) in [6.07, 6.45) is 2.42. The summed E-state index contributed by atoms with van der Waals surface area (Å²) in [4.78, 5) is 10.2. The highest BCUT2D eigenvalue weighted by atomic mass is 16.4. The summed E-state index contributed by atoms with van der Waals surface area (Å²) in [5.74, 6) is -1.13. The third-order valence-electron chi connectivity index (χ3n) is 1.55. The van der Waals surface area contributed by atoms with Crippen LogP contribution < -0.4 is 10.4 Å². The third kappa shape index (κ3) is 5.92. The first-order valence-corrected chi connectivity index (χ1v) is 4.28. The van der Waals surface area contributed by atoms with Crippen molar-refractivity contribution in [1.29, 1.82) is 0 Å². The summed E-state index contributed by atoms with van der Waals surface area (Å²) in [6, 6.07) is 0. The van der Waals surface area contributed by atoms with Crippen LogP contribution in [-0.2, 0) is 4.79 Å². The number of rotatable bonds is 7. The molecule has 0 amide bonds. The van der Waals surface area contributed by atoms with Gasteiger partial charge in [0.05, 0.1) is 5.97 Å². The quantitative estimate of drug-likeness (QED) is 0.434. The molecule has 0 aromatic carbocycles. The molecule has 1 N–H and O–H groups in total. The number of carbonyl (C=O) groups is 1. The zero-order valence-corrected chi connectivity index (χ0v) is 7.56. The maximum atomic E-state index is 10.2. The van der Waals surface area contributed by atoms with Crippen LogP contribution in [0.25, 0.3) is 0 Å². The van der Waals surface area contributed by atoms with E-state index >= 15 is 0 Å². The molecule has 0 saturated heterocycles. The Balaban J connectivity index is 3.20. The van der Waals surface area contributed by atoms with Crippen LogP contribution >= 0.6 is 0 Å². The highest BCUT2D eigenvalue weighted by Gasteiger charge is 1.93. The van der Waals surface area contributed by atoms with Crippen molar-refractivity contribution in [3.8, 4) is 0 Å². The molecule has 0 aliphatic carbocycles. The predicted molar refractivity (Wildman–Crippen MR) is 46.5 cm³/mol. The molecular formula is C9H16NO2-. The molecule has 0 rings (SSSR count). The number of carbonyl (C=O) groups excluding carboxylic acids is 1. The highest BCUT2D eigenvalue weighted by molar-refractivity contribution is 5.83. The largest absolute Gasteiger partial charge is 0.545 e. The van der Waals surface area contributed by atoms with Gasteiger partial charge in [0, 0.05) is 0 Å². The minimum Gasteiger partial charge on any atom is -0.545 e. The van der Waals surface area contributed by atoms with Gasteiger partial charge in [0.15, 0.2) is 0 Å². The van der Waals surface area contributed by atoms with Crippen LogP contribution in [-0.4, -0.2) is 19.1 Å². The SMILES string of the molecule is C=C(CCCNCCC)C(=O)[O-]. The van der Waals surface area contributed by atoms with Crippen molar-refractivity contribution in [3.05, 3.63) is 12.2 Å². The number of nitrogens with one attached hydrogen (secondary N) is 1. The van der Waals surface area contributed by atoms with Crippen LogP contribution in [0, 0.1) is 0 Å². The predicted octanol–water partition coefficient (Wildman–Crippen LogP) is 0.0723. The fraction of sp³-hybridized carbons (Fsp3) is 0.667. The number of hydrogen-bond donors (Lipinski definition) is 1. The van der Waals surface area contributed by atoms with Gasteiger partial charge in [-0.15, -0.1) is 0 Å². The van der Waals surface area contributed by atoms with E-state index in [-0.39, 0.29) is 5.57 Å². The summed E-state index contributed by atoms with van der Waals surface area (Å²) in [5.41, 5.74) is 0.188. The van der Waals surface area contributed by atoms with Gasteiger partial charge in [0.25, 0.3) is 0 Å². The fourth-order valence-electron chi connectivity index (χ4n) is 0.831. The van der Waals surface area contributed by atoms with Crippen molar-refractivity contribution in [1.82, 2.24) is 5.32 Å². The van der Waals surface area contributed by atoms with E-state index in [0.29, 0.717) is 6.42 Å². The van der Waals surface area contributed by atoms with Crippen molar-refractivity contribution in [2.75, 3.05) is 13.1 Å². The van der Waals surface area contributed by atoms with Crippen molar-refractivity contribution in [2.24, 2.45) is 0 Å². The van der Waals surface area contributed by atoms with Crippen LogP contribution in [0.3, 0.4) is 0 Å². The van der Waals surface area contributed by atoms with E-state index in [4.69, 9.17) is 0 Å². The van der Waals surface area contributed by atoms with E-state index < -0.39 is 5.97 Å². The van der Waals surface area contributed by atoms with Gasteiger partial charge in [-0.3, -0.25) is 0 Å². The number of aliphatic carboxylic acids is 1. The molecule has 70 valence electrons. The Kier molecular flexibility index (Phi) is 6.38. The molecule has 0 aromatic rings. The van der Waals surface area contributed by atoms with E-state index in [1.807, 2.05) is 0 Å². The number of carboxylic acid groups (broad SMARTS) is 1. The summed E-state index contributed by atoms with van der Waals surface area (Å²) in [7, 11) is 0. The maximum Gasteiger partial charge on any atom is 0.0668 e. The molecule has 0 heterocycles. The minimum absolute atomic E-state index is 0.188. The van der Waals surface area contributed by atoms with E-state index in [1.165, 1.54) is 0 Å². The van der Waals surface area contributed by atoms with Gasteiger partial charge in [-0.05, 0) is 37.9 Å². The van der Waals surface area contributed by atoms with Crippen LogP contribution in [0.1, 0.15) is 26.2 Å². The molecule has 0 spiro atoms. The minimum atomic E-state index is -1.13. The first-order valence-electron chi connectivity index (χ1n) is 4.28. The lowest BCUT2D eigenvalue weighted by Gasteiger charge is -2.06. The molecule has 3 heteroatoms. The molecule has 0 bridgehead atoms. The van der Waals surface area contributed by atoms with Crippen molar-refractivity contribution >= 4 is 5.97 Å². The number of hydrogen-bond acceptors (Lipinski definition) is 3. The van der Waals surface area contributed by atoms with Crippen molar-refractivity contribution in [3.63, 3.8) is 0 Å². The summed E-state index contributed by atoms with van der Waals surface area (Å²) >= 11 is 0. The molecule has 0 unspecified atom stereocenters. The van der Waals surface area contributed by atoms with Crippen molar-refractivity contribution in [2.45, 2.75) is 26.2 Å². The van der Waals surface area contributed by atoms with E-state index in [0.717, 1.165) is 25.9 Å². The molecule has 0 saturated carbocycles. The highest BCUT2D eigenvalue weighted by Crippen LogP contribution is 1.99. The van der Waals surface area contributed by atoms with E-state index in [2.05, 4.69) is 18.8 Å². The van der Waals surface area contributed by atoms with Gasteiger partial charge in [0.2, 0.25) is 0 Å². The van der Waals surface area contributed by atoms with Gasteiger partial charge in [-0.1, -0.05) is 13.5 Å². The van der Waals surface area contributed by atoms with Gasteiger partial charge in [0.1, 0.15) is 0 Å². The summed E-state index contributed by atoms with van der Waals surface area (Å²) in [5, 5.41) is 13.4. The monoisotopic (exact) mass is 170 g/mol. The smallest absolute Gasteiger partial charge is 0.0668 e. The van der Waals surface area contributed by atoms with Gasteiger partial charge < -0.3 is 15.2 Å². The summed E-state index contributed by atoms with van der Waals surface area (Å²) < 4.78 is 0. The van der Waals surface area contributed by atoms with Crippen LogP contribution in [0.5, 0.6) is 0 Å². The lowest BCUT2D eigenvalue weighted by atomic mass is 10.2. The summed E-state index contributed by atoms with van der Waals surface area (Å²) in [6.45, 7) is 7.30. The lowest BCUT2D eigenvalue weighted by molar-refractivity contribution is -0.299. The Morgan fingerprint density at radius 2 is 2.17 bits per heavy atom. The van der Waals surface area contributed by atoms with Crippen LogP contribution in [0.15, 0.2) is 12.2 Å².